The van der Waals surface area contributed by atoms with Crippen LogP contribution >= 0.6 is 0 Å². The third-order valence-corrected chi connectivity index (χ3v) is 1.95. The van der Waals surface area contributed by atoms with Crippen LogP contribution in [0.5, 0.6) is 5.75 Å². The van der Waals surface area contributed by atoms with E-state index >= 15 is 0 Å². The van der Waals surface area contributed by atoms with Crippen molar-refractivity contribution in [2.75, 3.05) is 32.5 Å². The third-order valence-electron chi connectivity index (χ3n) is 1.95. The second kappa shape index (κ2) is 4.23. The molecule has 0 atom stereocenters. The highest BCUT2D eigenvalue weighted by Crippen LogP contribution is 2.10. The van der Waals surface area contributed by atoms with E-state index in [0.717, 1.165) is 13.0 Å². The molecule has 1 rings (SSSR count). The molecule has 0 aromatic heterocycles. The van der Waals surface area contributed by atoms with E-state index in [-0.39, 0.29) is 5.69 Å². The fourth-order valence-electron chi connectivity index (χ4n) is 1.14. The van der Waals surface area contributed by atoms with Crippen molar-refractivity contribution in [2.24, 2.45) is 0 Å². The lowest BCUT2D eigenvalue weighted by molar-refractivity contribution is -0.270. The first-order valence-corrected chi connectivity index (χ1v) is 4.43. The fraction of sp³-hybridized carbons (Fsp3) is 0.556. The minimum atomic E-state index is -0.903. The summed E-state index contributed by atoms with van der Waals surface area (Å²) in [5.41, 5.74) is -1.63. The molecule has 0 saturated carbocycles. The molecule has 1 aromatic rings. The van der Waals surface area contributed by atoms with E-state index in [0.29, 0.717) is 6.54 Å². The molecule has 1 N–H and O–H groups in total. The Balaban J connectivity index is 2.34. The summed E-state index contributed by atoms with van der Waals surface area (Å²) < 4.78 is 0. The van der Waals surface area contributed by atoms with Crippen LogP contribution in [-0.4, -0.2) is 32.1 Å². The smallest absolute Gasteiger partial charge is 0.247 e. The Morgan fingerprint density at radius 3 is 2.43 bits per heavy atom. The lowest BCUT2D eigenvalue weighted by Crippen LogP contribution is -2.37. The summed E-state index contributed by atoms with van der Waals surface area (Å²) in [6, 6.07) is 0. The molecule has 0 aliphatic heterocycles. The zero-order valence-corrected chi connectivity index (χ0v) is 8.29. The van der Waals surface area contributed by atoms with E-state index in [4.69, 9.17) is 0 Å². The van der Waals surface area contributed by atoms with Gasteiger partial charge in [-0.25, -0.2) is 0 Å². The van der Waals surface area contributed by atoms with Crippen molar-refractivity contribution in [3.63, 3.8) is 0 Å². The maximum atomic E-state index is 10.8. The lowest BCUT2D eigenvalue weighted by atomic mass is 10.2. The second-order valence-electron chi connectivity index (χ2n) is 3.45. The number of rotatable bonds is 5. The van der Waals surface area contributed by atoms with Crippen molar-refractivity contribution in [3.8, 4) is 5.75 Å². The van der Waals surface area contributed by atoms with Crippen LogP contribution in [0.2, 0.25) is 0 Å². The first kappa shape index (κ1) is 10.7. The molecule has 0 heterocycles. The van der Waals surface area contributed by atoms with Crippen molar-refractivity contribution in [2.45, 2.75) is 6.42 Å². The van der Waals surface area contributed by atoms with Crippen LogP contribution in [-0.2, 0) is 0 Å². The molecule has 0 spiro atoms. The summed E-state index contributed by atoms with van der Waals surface area (Å²) in [6.45, 7) is 1.41. The molecule has 0 radical (unpaired) electrons. The number of nitrogens with one attached hydrogen (secondary N) is 1. The van der Waals surface area contributed by atoms with Gasteiger partial charge in [-0.1, -0.05) is 0 Å². The number of hydrogen-bond acceptors (Lipinski definition) is 5. The minimum Gasteiger partial charge on any atom is -0.868 e. The van der Waals surface area contributed by atoms with Crippen LogP contribution < -0.4 is 21.3 Å². The van der Waals surface area contributed by atoms with Gasteiger partial charge in [-0.3, -0.25) is 9.59 Å². The van der Waals surface area contributed by atoms with E-state index in [9.17, 15) is 14.7 Å². The van der Waals surface area contributed by atoms with E-state index in [1.165, 1.54) is 0 Å². The molecule has 5 nitrogen and oxygen atoms in total. The zero-order chi connectivity index (χ0) is 10.7. The Labute approximate surface area is 81.7 Å². The molecule has 1 aromatic carbocycles. The lowest BCUT2D eigenvalue weighted by Gasteiger charge is -2.16. The van der Waals surface area contributed by atoms with Crippen LogP contribution in [0.4, 0.5) is 5.69 Å². The quantitative estimate of drug-likeness (QED) is 0.470. The van der Waals surface area contributed by atoms with Gasteiger partial charge in [0.2, 0.25) is 10.9 Å². The highest BCUT2D eigenvalue weighted by Gasteiger charge is 2.11. The van der Waals surface area contributed by atoms with Gasteiger partial charge >= 0.3 is 0 Å². The van der Waals surface area contributed by atoms with E-state index in [1.54, 1.807) is 0 Å². The highest BCUT2D eigenvalue weighted by molar-refractivity contribution is 5.59. The van der Waals surface area contributed by atoms with Gasteiger partial charge in [0.15, 0.2) is 0 Å². The molecule has 0 fully saturated rings. The van der Waals surface area contributed by atoms with Crippen LogP contribution in [0.3, 0.4) is 0 Å². The van der Waals surface area contributed by atoms with Gasteiger partial charge in [0.1, 0.15) is 0 Å². The molecule has 0 bridgehead atoms. The Kier molecular flexibility index (Phi) is 3.24. The predicted octanol–water partition coefficient (Wildman–Crippen LogP) is -1.28. The summed E-state index contributed by atoms with van der Waals surface area (Å²) >= 11 is 0. The Hall–Kier alpha value is -1.36. The molecule has 5 heteroatoms. The van der Waals surface area contributed by atoms with Crippen molar-refractivity contribution < 1.29 is 5.11 Å². The average Bonchev–Trinajstić information content (AvgIpc) is 2.15. The number of hydrogen-bond donors (Lipinski definition) is 1. The monoisotopic (exact) mass is 197 g/mol. The fourth-order valence-corrected chi connectivity index (χ4v) is 1.14. The van der Waals surface area contributed by atoms with Gasteiger partial charge in [-0.2, -0.15) is 0 Å². The second-order valence-corrected chi connectivity index (χ2v) is 3.45. The predicted molar refractivity (Wildman–Crippen MR) is 52.5 cm³/mol. The summed E-state index contributed by atoms with van der Waals surface area (Å²) in [4.78, 5) is 23.4. The minimum absolute atomic E-state index is 0.0474. The highest BCUT2D eigenvalue weighted by atomic mass is 16.3. The van der Waals surface area contributed by atoms with Crippen LogP contribution in [0.15, 0.2) is 9.59 Å². The van der Waals surface area contributed by atoms with Gasteiger partial charge in [-0.15, -0.1) is 0 Å². The number of nitrogens with zero attached hydrogens (tertiary/aromatic N) is 1. The van der Waals surface area contributed by atoms with E-state index < -0.39 is 16.6 Å². The van der Waals surface area contributed by atoms with Crippen molar-refractivity contribution >= 4 is 5.69 Å². The van der Waals surface area contributed by atoms with Crippen LogP contribution in [0.1, 0.15) is 6.42 Å². The summed E-state index contributed by atoms with van der Waals surface area (Å²) in [7, 11) is 3.88. The largest absolute Gasteiger partial charge is 0.868 e. The maximum absolute atomic E-state index is 10.8. The van der Waals surface area contributed by atoms with Gasteiger partial charge in [0, 0.05) is 6.54 Å². The molecule has 0 unspecified atom stereocenters. The summed E-state index contributed by atoms with van der Waals surface area (Å²) in [5, 5.41) is 13.5. The Bertz CT molecular complexity index is 377. The first-order chi connectivity index (χ1) is 6.54. The molecular weight excluding hydrogens is 184 g/mol. The summed E-state index contributed by atoms with van der Waals surface area (Å²) in [5.74, 6) is -0.681. The van der Waals surface area contributed by atoms with Crippen molar-refractivity contribution in [3.05, 3.63) is 20.4 Å². The Morgan fingerprint density at radius 1 is 1.29 bits per heavy atom. The first-order valence-electron chi connectivity index (χ1n) is 4.43. The van der Waals surface area contributed by atoms with Gasteiger partial charge in [0.25, 0.3) is 0 Å². The molecule has 0 aliphatic rings. The number of anilines is 1. The van der Waals surface area contributed by atoms with Gasteiger partial charge < -0.3 is 15.3 Å². The third kappa shape index (κ3) is 2.11. The zero-order valence-electron chi connectivity index (χ0n) is 8.29. The molecule has 14 heavy (non-hydrogen) atoms. The maximum Gasteiger partial charge on any atom is 0.247 e. The molecule has 0 amide bonds. The van der Waals surface area contributed by atoms with Crippen LogP contribution in [0, 0.1) is 0 Å². The molecule has 0 aliphatic carbocycles. The topological polar surface area (TPSA) is 72.5 Å². The van der Waals surface area contributed by atoms with Crippen LogP contribution in [0.25, 0.3) is 0 Å². The normalized spacial score (nSPS) is 11.1. The van der Waals surface area contributed by atoms with E-state index in [1.807, 2.05) is 19.0 Å². The summed E-state index contributed by atoms with van der Waals surface area (Å²) in [6.07, 6.45) is 0.825. The Morgan fingerprint density at radius 2 is 1.93 bits per heavy atom. The SMILES string of the molecule is CN(C)CCCNc1c([O-])c(=O)c1=O. The van der Waals surface area contributed by atoms with Crippen molar-refractivity contribution in [1.82, 2.24) is 4.90 Å². The van der Waals surface area contributed by atoms with Gasteiger partial charge in [0.05, 0.1) is 5.69 Å². The van der Waals surface area contributed by atoms with Crippen molar-refractivity contribution in [1.29, 1.82) is 0 Å². The standard InChI is InChI=1S/C9H14N2O3/c1-11(2)5-3-4-10-6-7(12)9(14)8(6)13/h10,12H,3-5H2,1-2H3/p-1. The molecule has 78 valence electrons. The average molecular weight is 197 g/mol. The molecular formula is C9H13N2O3-. The van der Waals surface area contributed by atoms with Gasteiger partial charge in [-0.05, 0) is 32.8 Å². The molecule has 0 saturated heterocycles. The van der Waals surface area contributed by atoms with E-state index in [2.05, 4.69) is 5.32 Å².